The summed E-state index contributed by atoms with van der Waals surface area (Å²) in [5, 5.41) is 14.9. The van der Waals surface area contributed by atoms with Gasteiger partial charge in [0.05, 0.1) is 18.6 Å². The molecule has 2 aromatic heterocycles. The Morgan fingerprint density at radius 1 is 1.48 bits per heavy atom. The Kier molecular flexibility index (Phi) is 5.74. The number of carbonyl (C=O) groups excluding carboxylic acids is 1. The predicted octanol–water partition coefficient (Wildman–Crippen LogP) is 3.26. The first-order valence-electron chi connectivity index (χ1n) is 7.27. The van der Waals surface area contributed by atoms with Crippen molar-refractivity contribution in [2.75, 3.05) is 6.54 Å². The van der Waals surface area contributed by atoms with Crippen LogP contribution in [0, 0.1) is 13.8 Å². The van der Waals surface area contributed by atoms with Crippen LogP contribution >= 0.6 is 11.8 Å². The van der Waals surface area contributed by atoms with Gasteiger partial charge in [0, 0.05) is 11.6 Å². The highest BCUT2D eigenvalue weighted by Crippen LogP contribution is 2.26. The van der Waals surface area contributed by atoms with Crippen molar-refractivity contribution < 1.29 is 18.7 Å². The molecule has 0 radical (unpaired) electrons. The summed E-state index contributed by atoms with van der Waals surface area (Å²) in [6, 6.07) is 5.50. The van der Waals surface area contributed by atoms with Crippen LogP contribution in [0.3, 0.4) is 0 Å². The van der Waals surface area contributed by atoms with Gasteiger partial charge in [-0.3, -0.25) is 4.79 Å². The first-order chi connectivity index (χ1) is 10.9. The van der Waals surface area contributed by atoms with Gasteiger partial charge in [-0.05, 0) is 44.4 Å². The highest BCUT2D eigenvalue weighted by molar-refractivity contribution is 8.01. The molecule has 1 unspecified atom stereocenters. The molecule has 1 atom stereocenters. The standard InChI is InChI=1S/C17H21NO4S/c1-12-9-15(13(2)22-12)17(3,20)11-18-16(19)6-8-23-10-14-5-4-7-21-14/h4-9,20H,10-11H2,1-3H3,(H,18,19). The molecule has 5 nitrogen and oxygen atoms in total. The Hall–Kier alpha value is -1.92. The van der Waals surface area contributed by atoms with E-state index in [-0.39, 0.29) is 12.5 Å². The van der Waals surface area contributed by atoms with Crippen LogP contribution in [-0.2, 0) is 16.1 Å². The van der Waals surface area contributed by atoms with Crippen LogP contribution in [0.2, 0.25) is 0 Å². The minimum atomic E-state index is -1.17. The van der Waals surface area contributed by atoms with Crippen molar-refractivity contribution in [1.82, 2.24) is 5.32 Å². The van der Waals surface area contributed by atoms with Gasteiger partial charge in [-0.2, -0.15) is 0 Å². The van der Waals surface area contributed by atoms with E-state index in [0.717, 1.165) is 11.5 Å². The summed E-state index contributed by atoms with van der Waals surface area (Å²) in [6.45, 7) is 5.38. The lowest BCUT2D eigenvalue weighted by Gasteiger charge is -2.22. The van der Waals surface area contributed by atoms with Crippen LogP contribution in [0.15, 0.2) is 44.8 Å². The second-order valence-electron chi connectivity index (χ2n) is 5.51. The summed E-state index contributed by atoms with van der Waals surface area (Å²) < 4.78 is 10.6. The molecule has 0 aromatic carbocycles. The fraction of sp³-hybridized carbons (Fsp3) is 0.353. The van der Waals surface area contributed by atoms with E-state index in [1.54, 1.807) is 31.6 Å². The van der Waals surface area contributed by atoms with E-state index in [1.807, 2.05) is 19.1 Å². The third-order valence-corrected chi connectivity index (χ3v) is 4.13. The van der Waals surface area contributed by atoms with Crippen LogP contribution in [-0.4, -0.2) is 17.6 Å². The van der Waals surface area contributed by atoms with Gasteiger partial charge in [0.1, 0.15) is 22.9 Å². The number of aryl methyl sites for hydroxylation is 2. The maximum absolute atomic E-state index is 11.8. The quantitative estimate of drug-likeness (QED) is 0.760. The Balaban J connectivity index is 1.80. The highest BCUT2D eigenvalue weighted by Gasteiger charge is 2.27. The fourth-order valence-electron chi connectivity index (χ4n) is 2.21. The molecule has 0 aliphatic carbocycles. The van der Waals surface area contributed by atoms with Gasteiger partial charge < -0.3 is 19.3 Å². The van der Waals surface area contributed by atoms with Gasteiger partial charge in [-0.1, -0.05) is 0 Å². The molecule has 2 heterocycles. The number of carbonyl (C=O) groups is 1. The summed E-state index contributed by atoms with van der Waals surface area (Å²) in [7, 11) is 0. The number of rotatable bonds is 7. The van der Waals surface area contributed by atoms with Crippen LogP contribution in [0.25, 0.3) is 0 Å². The highest BCUT2D eigenvalue weighted by atomic mass is 32.2. The van der Waals surface area contributed by atoms with Crippen LogP contribution < -0.4 is 5.32 Å². The number of nitrogens with one attached hydrogen (secondary N) is 1. The lowest BCUT2D eigenvalue weighted by atomic mass is 9.96. The van der Waals surface area contributed by atoms with Crippen LogP contribution in [0.5, 0.6) is 0 Å². The van der Waals surface area contributed by atoms with E-state index in [1.165, 1.54) is 17.8 Å². The van der Waals surface area contributed by atoms with Crippen molar-refractivity contribution in [3.05, 3.63) is 58.8 Å². The Bertz CT molecular complexity index is 671. The van der Waals surface area contributed by atoms with Gasteiger partial charge in [-0.15, -0.1) is 11.8 Å². The average molecular weight is 335 g/mol. The molecule has 6 heteroatoms. The molecule has 124 valence electrons. The zero-order valence-electron chi connectivity index (χ0n) is 13.5. The SMILES string of the molecule is Cc1cc(C(C)(O)CNC(=O)C=CSCc2ccco2)c(C)o1. The molecular formula is C17H21NO4S. The number of furan rings is 2. The Labute approximate surface area is 139 Å². The summed E-state index contributed by atoms with van der Waals surface area (Å²) in [5.41, 5.74) is -0.487. The van der Waals surface area contributed by atoms with Crippen molar-refractivity contribution in [1.29, 1.82) is 0 Å². The molecule has 2 N–H and O–H groups in total. The predicted molar refractivity (Wildman–Crippen MR) is 89.9 cm³/mol. The monoisotopic (exact) mass is 335 g/mol. The van der Waals surface area contributed by atoms with Gasteiger partial charge >= 0.3 is 0 Å². The van der Waals surface area contributed by atoms with Crippen LogP contribution in [0.1, 0.15) is 29.8 Å². The van der Waals surface area contributed by atoms with E-state index in [4.69, 9.17) is 8.83 Å². The molecule has 2 aromatic rings. The minimum Gasteiger partial charge on any atom is -0.468 e. The van der Waals surface area contributed by atoms with Crippen molar-refractivity contribution >= 4 is 17.7 Å². The molecule has 1 amide bonds. The molecule has 0 spiro atoms. The molecule has 0 aliphatic rings. The summed E-state index contributed by atoms with van der Waals surface area (Å²) in [5.74, 6) is 2.66. The lowest BCUT2D eigenvalue weighted by Crippen LogP contribution is -2.38. The molecule has 0 saturated heterocycles. The minimum absolute atomic E-state index is 0.110. The fourth-order valence-corrected chi connectivity index (χ4v) is 2.86. The second-order valence-corrected chi connectivity index (χ2v) is 6.41. The lowest BCUT2D eigenvalue weighted by molar-refractivity contribution is -0.117. The van der Waals surface area contributed by atoms with Crippen LogP contribution in [0.4, 0.5) is 0 Å². The van der Waals surface area contributed by atoms with Gasteiger partial charge in [0.2, 0.25) is 5.91 Å². The van der Waals surface area contributed by atoms with Crippen molar-refractivity contribution in [3.8, 4) is 0 Å². The van der Waals surface area contributed by atoms with Gasteiger partial charge in [0.25, 0.3) is 0 Å². The molecule has 0 bridgehead atoms. The van der Waals surface area contributed by atoms with Gasteiger partial charge in [-0.25, -0.2) is 0 Å². The number of thioether (sulfide) groups is 1. The normalized spacial score (nSPS) is 14.1. The summed E-state index contributed by atoms with van der Waals surface area (Å²) in [4.78, 5) is 11.8. The number of hydrogen-bond donors (Lipinski definition) is 2. The average Bonchev–Trinajstić information content (AvgIpc) is 3.11. The van der Waals surface area contributed by atoms with Crippen molar-refractivity contribution in [3.63, 3.8) is 0 Å². The molecule has 0 saturated carbocycles. The van der Waals surface area contributed by atoms with E-state index in [2.05, 4.69) is 5.32 Å². The molecule has 2 rings (SSSR count). The third-order valence-electron chi connectivity index (χ3n) is 3.35. The topological polar surface area (TPSA) is 75.6 Å². The number of hydrogen-bond acceptors (Lipinski definition) is 5. The summed E-state index contributed by atoms with van der Waals surface area (Å²) in [6.07, 6.45) is 3.06. The maximum atomic E-state index is 11.8. The smallest absolute Gasteiger partial charge is 0.244 e. The maximum Gasteiger partial charge on any atom is 0.244 e. The zero-order chi connectivity index (χ0) is 16.9. The molecule has 0 fully saturated rings. The second kappa shape index (κ2) is 7.57. The van der Waals surface area contributed by atoms with Crippen molar-refractivity contribution in [2.45, 2.75) is 32.1 Å². The molecule has 23 heavy (non-hydrogen) atoms. The molecule has 0 aliphatic heterocycles. The third kappa shape index (κ3) is 5.04. The van der Waals surface area contributed by atoms with E-state index in [0.29, 0.717) is 17.1 Å². The van der Waals surface area contributed by atoms with E-state index in [9.17, 15) is 9.90 Å². The van der Waals surface area contributed by atoms with E-state index < -0.39 is 5.60 Å². The Morgan fingerprint density at radius 3 is 2.87 bits per heavy atom. The number of amides is 1. The number of aliphatic hydroxyl groups is 1. The Morgan fingerprint density at radius 2 is 2.26 bits per heavy atom. The largest absolute Gasteiger partial charge is 0.468 e. The first kappa shape index (κ1) is 17.4. The first-order valence-corrected chi connectivity index (χ1v) is 8.31. The zero-order valence-corrected chi connectivity index (χ0v) is 14.3. The molecular weight excluding hydrogens is 314 g/mol. The van der Waals surface area contributed by atoms with Gasteiger partial charge in [0.15, 0.2) is 0 Å². The summed E-state index contributed by atoms with van der Waals surface area (Å²) >= 11 is 1.46. The van der Waals surface area contributed by atoms with E-state index >= 15 is 0 Å². The van der Waals surface area contributed by atoms with Crippen molar-refractivity contribution in [2.24, 2.45) is 0 Å².